The van der Waals surface area contributed by atoms with E-state index in [1.165, 1.54) is 0 Å². The Hall–Kier alpha value is -2.09. The van der Waals surface area contributed by atoms with E-state index in [4.69, 9.17) is 10.00 Å². The molecule has 0 bridgehead atoms. The van der Waals surface area contributed by atoms with Crippen molar-refractivity contribution in [1.82, 2.24) is 15.2 Å². The molecule has 5 nitrogen and oxygen atoms in total. The van der Waals surface area contributed by atoms with Crippen molar-refractivity contribution >= 4 is 11.0 Å². The third-order valence-corrected chi connectivity index (χ3v) is 1.73. The molecular formula is C8H6N4O. The molecule has 0 fully saturated rings. The minimum Gasteiger partial charge on any atom is -0.495 e. The molecule has 5 heteroatoms. The zero-order valence-electron chi connectivity index (χ0n) is 6.90. The fourth-order valence-electron chi connectivity index (χ4n) is 1.08. The summed E-state index contributed by atoms with van der Waals surface area (Å²) in [5, 5.41) is 15.8. The predicted molar refractivity (Wildman–Crippen MR) is 45.2 cm³/mol. The summed E-state index contributed by atoms with van der Waals surface area (Å²) in [6, 6.07) is 3.71. The van der Waals surface area contributed by atoms with Crippen LogP contribution in [0.5, 0.6) is 5.75 Å². The second-order valence-electron chi connectivity index (χ2n) is 2.46. The lowest BCUT2D eigenvalue weighted by Crippen LogP contribution is -1.84. The topological polar surface area (TPSA) is 74.6 Å². The van der Waals surface area contributed by atoms with Gasteiger partial charge < -0.3 is 4.74 Å². The van der Waals surface area contributed by atoms with Gasteiger partial charge in [0, 0.05) is 0 Å². The molecule has 0 aliphatic carbocycles. The van der Waals surface area contributed by atoms with Crippen LogP contribution in [0, 0.1) is 11.3 Å². The van der Waals surface area contributed by atoms with E-state index in [1.807, 2.05) is 6.07 Å². The highest BCUT2D eigenvalue weighted by molar-refractivity contribution is 5.81. The molecule has 2 heterocycles. The van der Waals surface area contributed by atoms with Gasteiger partial charge in [0.25, 0.3) is 0 Å². The number of ether oxygens (including phenoxy) is 1. The third-order valence-electron chi connectivity index (χ3n) is 1.73. The quantitative estimate of drug-likeness (QED) is 0.695. The second kappa shape index (κ2) is 2.75. The summed E-state index contributed by atoms with van der Waals surface area (Å²) in [5.74, 6) is 0.616. The zero-order chi connectivity index (χ0) is 9.26. The molecule has 64 valence electrons. The number of nitrogens with one attached hydrogen (secondary N) is 1. The first-order valence-corrected chi connectivity index (χ1v) is 3.63. The summed E-state index contributed by atoms with van der Waals surface area (Å²) in [6.07, 6.45) is 1.56. The van der Waals surface area contributed by atoms with E-state index >= 15 is 0 Å². The minimum atomic E-state index is 0.404. The first kappa shape index (κ1) is 7.55. The lowest BCUT2D eigenvalue weighted by atomic mass is 10.3. The van der Waals surface area contributed by atoms with Gasteiger partial charge in [-0.05, 0) is 6.07 Å². The molecule has 2 aromatic rings. The fraction of sp³-hybridized carbons (Fsp3) is 0.125. The Labute approximate surface area is 74.0 Å². The minimum absolute atomic E-state index is 0.404. The molecule has 0 saturated carbocycles. The standard InChI is InChI=1S/C8H6N4O/c1-13-5-2-6-7(3-9)11-12-8(6)10-4-5/h2,4H,1H3,(H,10,11,12). The number of pyridine rings is 1. The maximum atomic E-state index is 8.70. The number of nitriles is 1. The lowest BCUT2D eigenvalue weighted by molar-refractivity contribution is 0.413. The third kappa shape index (κ3) is 1.08. The highest BCUT2D eigenvalue weighted by Gasteiger charge is 2.06. The van der Waals surface area contributed by atoms with Gasteiger partial charge in [-0.15, -0.1) is 0 Å². The smallest absolute Gasteiger partial charge is 0.182 e. The summed E-state index contributed by atoms with van der Waals surface area (Å²) in [6.45, 7) is 0. The summed E-state index contributed by atoms with van der Waals surface area (Å²) in [5.41, 5.74) is 0.929. The Balaban J connectivity index is 2.73. The van der Waals surface area contributed by atoms with Crippen molar-refractivity contribution in [3.05, 3.63) is 18.0 Å². The lowest BCUT2D eigenvalue weighted by Gasteiger charge is -1.96. The van der Waals surface area contributed by atoms with Crippen LogP contribution >= 0.6 is 0 Å². The SMILES string of the molecule is COc1cnc2n[nH]c(C#N)c2c1. The Morgan fingerprint density at radius 3 is 3.15 bits per heavy atom. The summed E-state index contributed by atoms with van der Waals surface area (Å²) in [4.78, 5) is 4.00. The van der Waals surface area contributed by atoms with Crippen LogP contribution in [0.15, 0.2) is 12.3 Å². The van der Waals surface area contributed by atoms with Crippen LogP contribution in [-0.4, -0.2) is 22.3 Å². The van der Waals surface area contributed by atoms with Gasteiger partial charge in [0.2, 0.25) is 0 Å². The Morgan fingerprint density at radius 1 is 1.62 bits per heavy atom. The molecule has 2 aromatic heterocycles. The second-order valence-corrected chi connectivity index (χ2v) is 2.46. The Morgan fingerprint density at radius 2 is 2.46 bits per heavy atom. The van der Waals surface area contributed by atoms with Crippen molar-refractivity contribution in [2.75, 3.05) is 7.11 Å². The molecule has 0 saturated heterocycles. The van der Waals surface area contributed by atoms with Crippen molar-refractivity contribution in [1.29, 1.82) is 5.26 Å². The van der Waals surface area contributed by atoms with E-state index in [0.29, 0.717) is 22.5 Å². The summed E-state index contributed by atoms with van der Waals surface area (Å²) < 4.78 is 4.98. The number of H-pyrrole nitrogens is 1. The normalized spacial score (nSPS) is 9.85. The van der Waals surface area contributed by atoms with E-state index in [9.17, 15) is 0 Å². The predicted octanol–water partition coefficient (Wildman–Crippen LogP) is 0.838. The number of hydrogen-bond acceptors (Lipinski definition) is 4. The first-order valence-electron chi connectivity index (χ1n) is 3.63. The zero-order valence-corrected chi connectivity index (χ0v) is 6.90. The van der Waals surface area contributed by atoms with Crippen molar-refractivity contribution in [2.45, 2.75) is 0 Å². The molecule has 0 aliphatic rings. The van der Waals surface area contributed by atoms with Gasteiger partial charge >= 0.3 is 0 Å². The largest absolute Gasteiger partial charge is 0.495 e. The molecule has 0 radical (unpaired) electrons. The van der Waals surface area contributed by atoms with Crippen LogP contribution in [0.3, 0.4) is 0 Å². The molecule has 0 aliphatic heterocycles. The van der Waals surface area contributed by atoms with E-state index < -0.39 is 0 Å². The summed E-state index contributed by atoms with van der Waals surface area (Å²) in [7, 11) is 1.55. The number of hydrogen-bond donors (Lipinski definition) is 1. The van der Waals surface area contributed by atoms with Gasteiger partial charge in [-0.2, -0.15) is 10.4 Å². The van der Waals surface area contributed by atoms with Crippen molar-refractivity contribution in [3.63, 3.8) is 0 Å². The highest BCUT2D eigenvalue weighted by atomic mass is 16.5. The molecule has 0 unspecified atom stereocenters. The molecule has 0 spiro atoms. The van der Waals surface area contributed by atoms with Gasteiger partial charge in [0.05, 0.1) is 18.7 Å². The number of rotatable bonds is 1. The molecular weight excluding hydrogens is 168 g/mol. The maximum Gasteiger partial charge on any atom is 0.182 e. The highest BCUT2D eigenvalue weighted by Crippen LogP contribution is 2.18. The van der Waals surface area contributed by atoms with Crippen LogP contribution in [0.4, 0.5) is 0 Å². The van der Waals surface area contributed by atoms with E-state index in [1.54, 1.807) is 19.4 Å². The van der Waals surface area contributed by atoms with Crippen LogP contribution < -0.4 is 4.74 Å². The van der Waals surface area contributed by atoms with Crippen LogP contribution in [0.25, 0.3) is 11.0 Å². The number of methoxy groups -OCH3 is 1. The molecule has 2 rings (SSSR count). The van der Waals surface area contributed by atoms with E-state index in [-0.39, 0.29) is 0 Å². The van der Waals surface area contributed by atoms with Crippen LogP contribution in [0.1, 0.15) is 5.69 Å². The number of fused-ring (bicyclic) bond motifs is 1. The van der Waals surface area contributed by atoms with E-state index in [2.05, 4.69) is 15.2 Å². The van der Waals surface area contributed by atoms with Crippen molar-refractivity contribution < 1.29 is 4.74 Å². The number of aromatic amines is 1. The van der Waals surface area contributed by atoms with Gasteiger partial charge in [-0.1, -0.05) is 0 Å². The maximum absolute atomic E-state index is 8.70. The van der Waals surface area contributed by atoms with Gasteiger partial charge in [-0.25, -0.2) is 4.98 Å². The monoisotopic (exact) mass is 174 g/mol. The van der Waals surface area contributed by atoms with Crippen molar-refractivity contribution in [2.24, 2.45) is 0 Å². The fourth-order valence-corrected chi connectivity index (χ4v) is 1.08. The molecule has 0 amide bonds. The number of nitrogens with zero attached hydrogens (tertiary/aromatic N) is 3. The van der Waals surface area contributed by atoms with Crippen molar-refractivity contribution in [3.8, 4) is 11.8 Å². The number of aromatic nitrogens is 3. The molecule has 0 aromatic carbocycles. The Bertz CT molecular complexity index is 482. The van der Waals surface area contributed by atoms with Crippen LogP contribution in [-0.2, 0) is 0 Å². The van der Waals surface area contributed by atoms with E-state index in [0.717, 1.165) is 0 Å². The van der Waals surface area contributed by atoms with Gasteiger partial charge in [0.15, 0.2) is 5.65 Å². The average molecular weight is 174 g/mol. The molecule has 0 atom stereocenters. The van der Waals surface area contributed by atoms with Gasteiger partial charge in [-0.3, -0.25) is 5.10 Å². The first-order chi connectivity index (χ1) is 6.35. The molecule has 13 heavy (non-hydrogen) atoms. The Kier molecular flexibility index (Phi) is 1.60. The molecule has 1 N–H and O–H groups in total. The van der Waals surface area contributed by atoms with Gasteiger partial charge in [0.1, 0.15) is 17.5 Å². The summed E-state index contributed by atoms with van der Waals surface area (Å²) >= 11 is 0. The average Bonchev–Trinajstić information content (AvgIpc) is 2.59. The van der Waals surface area contributed by atoms with Crippen LogP contribution in [0.2, 0.25) is 0 Å².